The number of rotatable bonds is 4. The molecule has 164 valence electrons. The van der Waals surface area contributed by atoms with Crippen LogP contribution in [0.1, 0.15) is 30.9 Å². The van der Waals surface area contributed by atoms with Gasteiger partial charge in [-0.25, -0.2) is 13.1 Å². The Bertz CT molecular complexity index is 1060. The predicted octanol–water partition coefficient (Wildman–Crippen LogP) is 1.93. The third-order valence-electron chi connectivity index (χ3n) is 6.12. The topological polar surface area (TPSA) is 86.8 Å². The number of nitrogens with one attached hydrogen (secondary N) is 1. The van der Waals surface area contributed by atoms with E-state index in [0.717, 1.165) is 11.1 Å². The van der Waals surface area contributed by atoms with Crippen LogP contribution < -0.4 is 4.72 Å². The summed E-state index contributed by atoms with van der Waals surface area (Å²) in [5.41, 5.74) is 2.18. The minimum absolute atomic E-state index is 0.0610. The summed E-state index contributed by atoms with van der Waals surface area (Å²) in [6.45, 7) is 2.86. The SMILES string of the molecule is CC(=O)N1Cc2ccccc2C[C@@H]1C(=O)N1CCC(NS(=O)(=O)c2ccccc2)CC1. The molecular weight excluding hydrogens is 414 g/mol. The quantitative estimate of drug-likeness (QED) is 0.786. The number of nitrogens with zero attached hydrogens (tertiary/aromatic N) is 2. The second-order valence-electron chi connectivity index (χ2n) is 8.17. The largest absolute Gasteiger partial charge is 0.341 e. The van der Waals surface area contributed by atoms with Gasteiger partial charge in [-0.05, 0) is 36.1 Å². The molecule has 0 unspecified atom stereocenters. The Kier molecular flexibility index (Phi) is 6.11. The minimum atomic E-state index is -3.58. The zero-order chi connectivity index (χ0) is 22.0. The van der Waals surface area contributed by atoms with E-state index in [1.807, 2.05) is 24.3 Å². The third-order valence-corrected chi connectivity index (χ3v) is 7.66. The van der Waals surface area contributed by atoms with Crippen molar-refractivity contribution in [3.63, 3.8) is 0 Å². The maximum atomic E-state index is 13.3. The fourth-order valence-corrected chi connectivity index (χ4v) is 5.72. The summed E-state index contributed by atoms with van der Waals surface area (Å²) >= 11 is 0. The zero-order valence-corrected chi connectivity index (χ0v) is 18.3. The van der Waals surface area contributed by atoms with Crippen LogP contribution in [-0.4, -0.2) is 55.2 Å². The molecule has 31 heavy (non-hydrogen) atoms. The molecule has 2 aliphatic rings. The van der Waals surface area contributed by atoms with Gasteiger partial charge in [-0.2, -0.15) is 0 Å². The molecule has 2 aromatic rings. The summed E-state index contributed by atoms with van der Waals surface area (Å²) in [5, 5.41) is 0. The van der Waals surface area contributed by atoms with E-state index in [0.29, 0.717) is 38.9 Å². The highest BCUT2D eigenvalue weighted by molar-refractivity contribution is 7.89. The molecule has 7 nitrogen and oxygen atoms in total. The van der Waals surface area contributed by atoms with Crippen LogP contribution in [0, 0.1) is 0 Å². The number of likely N-dealkylation sites (tertiary alicyclic amines) is 1. The molecule has 1 fully saturated rings. The fourth-order valence-electron chi connectivity index (χ4n) is 4.39. The number of sulfonamides is 1. The van der Waals surface area contributed by atoms with Crippen molar-refractivity contribution in [2.75, 3.05) is 13.1 Å². The standard InChI is InChI=1S/C23H27N3O4S/c1-17(27)26-16-19-8-6-5-7-18(19)15-22(26)23(28)25-13-11-20(12-14-25)24-31(29,30)21-9-3-2-4-10-21/h2-10,20,22,24H,11-16H2,1H3/t22-/m1/s1. The van der Waals surface area contributed by atoms with Crippen molar-refractivity contribution in [3.05, 3.63) is 65.7 Å². The highest BCUT2D eigenvalue weighted by Crippen LogP contribution is 2.26. The minimum Gasteiger partial charge on any atom is -0.341 e. The highest BCUT2D eigenvalue weighted by Gasteiger charge is 2.37. The Hall–Kier alpha value is -2.71. The van der Waals surface area contributed by atoms with Gasteiger partial charge in [0.1, 0.15) is 6.04 Å². The van der Waals surface area contributed by atoms with Crippen molar-refractivity contribution < 1.29 is 18.0 Å². The molecule has 0 aromatic heterocycles. The van der Waals surface area contributed by atoms with Crippen LogP contribution in [0.15, 0.2) is 59.5 Å². The number of carbonyl (C=O) groups excluding carboxylic acids is 2. The van der Waals surface area contributed by atoms with E-state index in [-0.39, 0.29) is 22.8 Å². The van der Waals surface area contributed by atoms with Crippen molar-refractivity contribution in [3.8, 4) is 0 Å². The number of amides is 2. The van der Waals surface area contributed by atoms with E-state index in [1.54, 1.807) is 40.1 Å². The van der Waals surface area contributed by atoms with Gasteiger partial charge in [0, 0.05) is 39.0 Å². The summed E-state index contributed by atoms with van der Waals surface area (Å²) in [7, 11) is -3.58. The zero-order valence-electron chi connectivity index (χ0n) is 17.5. The van der Waals surface area contributed by atoms with Crippen molar-refractivity contribution in [1.29, 1.82) is 0 Å². The van der Waals surface area contributed by atoms with Gasteiger partial charge >= 0.3 is 0 Å². The van der Waals surface area contributed by atoms with Gasteiger partial charge in [0.05, 0.1) is 4.90 Å². The molecule has 1 saturated heterocycles. The normalized spacial score (nSPS) is 19.7. The number of fused-ring (bicyclic) bond motifs is 1. The second kappa shape index (κ2) is 8.80. The van der Waals surface area contributed by atoms with Crippen LogP contribution in [0.3, 0.4) is 0 Å². The molecule has 2 heterocycles. The first-order chi connectivity index (χ1) is 14.8. The summed E-state index contributed by atoms with van der Waals surface area (Å²) < 4.78 is 27.9. The summed E-state index contributed by atoms with van der Waals surface area (Å²) in [5.74, 6) is -0.174. The van der Waals surface area contributed by atoms with Crippen molar-refractivity contribution in [1.82, 2.24) is 14.5 Å². The van der Waals surface area contributed by atoms with Crippen molar-refractivity contribution in [2.24, 2.45) is 0 Å². The van der Waals surface area contributed by atoms with Gasteiger partial charge in [-0.3, -0.25) is 9.59 Å². The molecule has 0 bridgehead atoms. The molecule has 0 saturated carbocycles. The van der Waals surface area contributed by atoms with Crippen molar-refractivity contribution in [2.45, 2.75) is 49.7 Å². The lowest BCUT2D eigenvalue weighted by atomic mass is 9.92. The highest BCUT2D eigenvalue weighted by atomic mass is 32.2. The molecule has 1 atom stereocenters. The number of benzene rings is 2. The Morgan fingerprint density at radius 2 is 1.55 bits per heavy atom. The summed E-state index contributed by atoms with van der Waals surface area (Å²) in [6.07, 6.45) is 1.59. The van der Waals surface area contributed by atoms with E-state index < -0.39 is 16.1 Å². The van der Waals surface area contributed by atoms with Crippen LogP contribution in [0.4, 0.5) is 0 Å². The van der Waals surface area contributed by atoms with Crippen LogP contribution in [0.25, 0.3) is 0 Å². The van der Waals surface area contributed by atoms with Crippen LogP contribution in [0.5, 0.6) is 0 Å². The van der Waals surface area contributed by atoms with Crippen LogP contribution >= 0.6 is 0 Å². The van der Waals surface area contributed by atoms with Gasteiger partial charge < -0.3 is 9.80 Å². The maximum absolute atomic E-state index is 13.3. The predicted molar refractivity (Wildman–Crippen MR) is 117 cm³/mol. The number of carbonyl (C=O) groups is 2. The lowest BCUT2D eigenvalue weighted by Crippen LogP contribution is -2.55. The lowest BCUT2D eigenvalue weighted by molar-refractivity contribution is -0.146. The molecule has 1 N–H and O–H groups in total. The molecule has 8 heteroatoms. The molecule has 2 amide bonds. The van der Waals surface area contributed by atoms with E-state index in [9.17, 15) is 18.0 Å². The molecule has 4 rings (SSSR count). The average molecular weight is 442 g/mol. The Morgan fingerprint density at radius 1 is 0.935 bits per heavy atom. The molecular formula is C23H27N3O4S. The number of hydrogen-bond donors (Lipinski definition) is 1. The first-order valence-electron chi connectivity index (χ1n) is 10.6. The van der Waals surface area contributed by atoms with E-state index in [1.165, 1.54) is 6.92 Å². The molecule has 0 aliphatic carbocycles. The first-order valence-corrected chi connectivity index (χ1v) is 12.0. The Morgan fingerprint density at radius 3 is 2.19 bits per heavy atom. The summed E-state index contributed by atoms with van der Waals surface area (Å²) in [4.78, 5) is 29.2. The van der Waals surface area contributed by atoms with Crippen LogP contribution in [0.2, 0.25) is 0 Å². The average Bonchev–Trinajstić information content (AvgIpc) is 2.78. The molecule has 2 aliphatic heterocycles. The van der Waals surface area contributed by atoms with Gasteiger partial charge in [0.25, 0.3) is 0 Å². The number of hydrogen-bond acceptors (Lipinski definition) is 4. The van der Waals surface area contributed by atoms with Gasteiger partial charge in [0.2, 0.25) is 21.8 Å². The Balaban J connectivity index is 1.40. The fraction of sp³-hybridized carbons (Fsp3) is 0.391. The smallest absolute Gasteiger partial charge is 0.245 e. The second-order valence-corrected chi connectivity index (χ2v) is 9.88. The maximum Gasteiger partial charge on any atom is 0.245 e. The monoisotopic (exact) mass is 441 g/mol. The Labute approximate surface area is 183 Å². The van der Waals surface area contributed by atoms with E-state index in [2.05, 4.69) is 4.72 Å². The summed E-state index contributed by atoms with van der Waals surface area (Å²) in [6, 6.07) is 15.5. The molecule has 2 aromatic carbocycles. The van der Waals surface area contributed by atoms with Crippen LogP contribution in [-0.2, 0) is 32.6 Å². The molecule has 0 radical (unpaired) electrons. The van der Waals surface area contributed by atoms with E-state index in [4.69, 9.17) is 0 Å². The van der Waals surface area contributed by atoms with E-state index >= 15 is 0 Å². The first kappa shape index (κ1) is 21.5. The molecule has 0 spiro atoms. The number of piperidine rings is 1. The lowest BCUT2D eigenvalue weighted by Gasteiger charge is -2.40. The third kappa shape index (κ3) is 4.65. The van der Waals surface area contributed by atoms with Gasteiger partial charge in [0.15, 0.2) is 0 Å². The van der Waals surface area contributed by atoms with Gasteiger partial charge in [-0.1, -0.05) is 42.5 Å². The van der Waals surface area contributed by atoms with Gasteiger partial charge in [-0.15, -0.1) is 0 Å². The van der Waals surface area contributed by atoms with Crippen molar-refractivity contribution >= 4 is 21.8 Å².